The zero-order valence-electron chi connectivity index (χ0n) is 11.3. The van der Waals surface area contributed by atoms with Gasteiger partial charge in [-0.1, -0.05) is 26.8 Å². The van der Waals surface area contributed by atoms with Crippen LogP contribution in [0.5, 0.6) is 0 Å². The van der Waals surface area contributed by atoms with E-state index in [9.17, 15) is 14.9 Å². The van der Waals surface area contributed by atoms with Crippen LogP contribution in [0.3, 0.4) is 0 Å². The maximum atomic E-state index is 11.9. The van der Waals surface area contributed by atoms with Gasteiger partial charge in [-0.2, -0.15) is 5.10 Å². The van der Waals surface area contributed by atoms with Crippen LogP contribution in [0.15, 0.2) is 33.8 Å². The number of benzene rings is 1. The average molecular weight is 368 g/mol. The van der Waals surface area contributed by atoms with Crippen LogP contribution in [-0.4, -0.2) is 36.7 Å². The Morgan fingerprint density at radius 1 is 1.55 bits per heavy atom. The van der Waals surface area contributed by atoms with Crippen LogP contribution < -0.4 is 5.43 Å². The Kier molecular flexibility index (Phi) is 4.88. The summed E-state index contributed by atoms with van der Waals surface area (Å²) in [4.78, 5) is 22.6. The van der Waals surface area contributed by atoms with Gasteiger partial charge < -0.3 is 10.1 Å². The summed E-state index contributed by atoms with van der Waals surface area (Å²) in [5.41, 5.74) is 3.28. The van der Waals surface area contributed by atoms with E-state index in [-0.39, 0.29) is 12.5 Å². The molecule has 11 heteroatoms. The average Bonchev–Trinajstić information content (AvgIpc) is 2.93. The van der Waals surface area contributed by atoms with Crippen molar-refractivity contribution >= 4 is 33.5 Å². The van der Waals surface area contributed by atoms with E-state index in [1.807, 2.05) is 0 Å². The lowest BCUT2D eigenvalue weighted by Gasteiger charge is -2.01. The fourth-order valence-electron chi connectivity index (χ4n) is 1.46. The minimum atomic E-state index is -0.745. The number of carbonyl (C=O) groups excluding carboxylic acids is 1. The summed E-state index contributed by atoms with van der Waals surface area (Å²) in [5, 5.41) is 24.6. The van der Waals surface area contributed by atoms with Crippen molar-refractivity contribution in [2.75, 3.05) is 0 Å². The summed E-state index contributed by atoms with van der Waals surface area (Å²) in [6.07, 6.45) is 0. The largest absolute Gasteiger partial charge is 0.514 e. The molecule has 0 fully saturated rings. The molecule has 0 atom stereocenters. The number of hydrogen-bond acceptors (Lipinski definition) is 7. The summed E-state index contributed by atoms with van der Waals surface area (Å²) in [7, 11) is 0. The van der Waals surface area contributed by atoms with E-state index in [2.05, 4.69) is 41.9 Å². The van der Waals surface area contributed by atoms with E-state index >= 15 is 0 Å². The molecule has 0 unspecified atom stereocenters. The highest BCUT2D eigenvalue weighted by Crippen LogP contribution is 2.11. The number of hydrazone groups is 1. The Morgan fingerprint density at radius 2 is 2.32 bits per heavy atom. The zero-order chi connectivity index (χ0) is 16.1. The normalized spacial score (nSPS) is 11.3. The topological polar surface area (TPSA) is 128 Å². The number of rotatable bonds is 5. The lowest BCUT2D eigenvalue weighted by atomic mass is 10.2. The molecular weight excluding hydrogens is 358 g/mol. The predicted molar refractivity (Wildman–Crippen MR) is 79.2 cm³/mol. The van der Waals surface area contributed by atoms with Crippen LogP contribution in [0.2, 0.25) is 0 Å². The molecule has 0 radical (unpaired) electrons. The number of nitro groups is 1. The second-order valence-electron chi connectivity index (χ2n) is 4.18. The van der Waals surface area contributed by atoms with Gasteiger partial charge in [0.25, 0.3) is 5.91 Å². The van der Waals surface area contributed by atoms with Crippen LogP contribution in [0, 0.1) is 10.1 Å². The van der Waals surface area contributed by atoms with Gasteiger partial charge in [0.15, 0.2) is 0 Å². The SMILES string of the molecule is C/C(Cn1nnc([N+](=O)[O-])n1)=N\NC(=O)c1cccc(Br)c1. The number of tetrazole rings is 1. The third-order valence-electron chi connectivity index (χ3n) is 2.41. The summed E-state index contributed by atoms with van der Waals surface area (Å²) in [5.74, 6) is -0.968. The highest BCUT2D eigenvalue weighted by Gasteiger charge is 2.15. The minimum Gasteiger partial charge on any atom is -0.390 e. The van der Waals surface area contributed by atoms with E-state index in [0.717, 1.165) is 9.27 Å². The Labute approximate surface area is 132 Å². The smallest absolute Gasteiger partial charge is 0.390 e. The van der Waals surface area contributed by atoms with Gasteiger partial charge in [-0.05, 0) is 30.0 Å². The van der Waals surface area contributed by atoms with Crippen molar-refractivity contribution in [3.63, 3.8) is 0 Å². The maximum Gasteiger partial charge on any atom is 0.514 e. The molecule has 0 aliphatic carbocycles. The summed E-state index contributed by atoms with van der Waals surface area (Å²) in [6, 6.07) is 6.83. The third-order valence-corrected chi connectivity index (χ3v) is 2.90. The van der Waals surface area contributed by atoms with Crippen LogP contribution in [0.1, 0.15) is 17.3 Å². The molecule has 22 heavy (non-hydrogen) atoms. The molecule has 1 N–H and O–H groups in total. The first-order valence-corrected chi connectivity index (χ1v) is 6.76. The molecule has 0 aliphatic heterocycles. The third kappa shape index (κ3) is 4.15. The molecule has 0 aliphatic rings. The van der Waals surface area contributed by atoms with Crippen LogP contribution in [0.4, 0.5) is 5.95 Å². The maximum absolute atomic E-state index is 11.9. The molecule has 1 aromatic heterocycles. The molecule has 0 saturated carbocycles. The van der Waals surface area contributed by atoms with Gasteiger partial charge in [0.1, 0.15) is 6.54 Å². The van der Waals surface area contributed by atoms with Crippen molar-refractivity contribution < 1.29 is 9.72 Å². The number of hydrogen-bond donors (Lipinski definition) is 1. The van der Waals surface area contributed by atoms with Gasteiger partial charge in [-0.15, -0.1) is 0 Å². The van der Waals surface area contributed by atoms with Crippen molar-refractivity contribution in [2.45, 2.75) is 13.5 Å². The van der Waals surface area contributed by atoms with Gasteiger partial charge in [-0.3, -0.25) is 4.79 Å². The lowest BCUT2D eigenvalue weighted by Crippen LogP contribution is -2.21. The van der Waals surface area contributed by atoms with Crippen molar-refractivity contribution in [2.24, 2.45) is 5.10 Å². The number of nitrogens with zero attached hydrogens (tertiary/aromatic N) is 6. The van der Waals surface area contributed by atoms with Crippen LogP contribution >= 0.6 is 15.9 Å². The molecule has 1 amide bonds. The molecule has 114 valence electrons. The Morgan fingerprint density at radius 3 is 2.95 bits per heavy atom. The van der Waals surface area contributed by atoms with Crippen molar-refractivity contribution in [1.29, 1.82) is 0 Å². The van der Waals surface area contributed by atoms with E-state index in [4.69, 9.17) is 0 Å². The second-order valence-corrected chi connectivity index (χ2v) is 5.09. The van der Waals surface area contributed by atoms with Crippen LogP contribution in [0.25, 0.3) is 0 Å². The molecule has 2 aromatic rings. The summed E-state index contributed by atoms with van der Waals surface area (Å²) in [6.45, 7) is 1.69. The number of nitrogens with one attached hydrogen (secondary N) is 1. The molecule has 10 nitrogen and oxygen atoms in total. The molecule has 0 saturated heterocycles. The zero-order valence-corrected chi connectivity index (χ0v) is 12.9. The Bertz CT molecular complexity index is 743. The number of amides is 1. The van der Waals surface area contributed by atoms with Crippen molar-refractivity contribution in [1.82, 2.24) is 25.6 Å². The second kappa shape index (κ2) is 6.85. The van der Waals surface area contributed by atoms with Gasteiger partial charge in [0, 0.05) is 15.2 Å². The van der Waals surface area contributed by atoms with Gasteiger partial charge >= 0.3 is 5.95 Å². The standard InChI is InChI=1S/C11H10BrN7O3/c1-7(6-18-16-11(15-17-18)19(21)22)13-14-10(20)8-3-2-4-9(12)5-8/h2-5H,6H2,1H3,(H,14,20)/b13-7+. The molecule has 0 spiro atoms. The fraction of sp³-hybridized carbons (Fsp3) is 0.182. The first-order chi connectivity index (χ1) is 10.5. The highest BCUT2D eigenvalue weighted by atomic mass is 79.9. The van der Waals surface area contributed by atoms with Crippen LogP contribution in [-0.2, 0) is 6.54 Å². The van der Waals surface area contributed by atoms with E-state index in [1.165, 1.54) is 0 Å². The fourth-order valence-corrected chi connectivity index (χ4v) is 1.85. The number of aromatic nitrogens is 4. The summed E-state index contributed by atoms with van der Waals surface area (Å²) < 4.78 is 0.778. The van der Waals surface area contributed by atoms with Crippen molar-refractivity contribution in [3.05, 3.63) is 44.4 Å². The minimum absolute atomic E-state index is 0.0691. The van der Waals surface area contributed by atoms with E-state index in [1.54, 1.807) is 31.2 Å². The highest BCUT2D eigenvalue weighted by molar-refractivity contribution is 9.10. The van der Waals surface area contributed by atoms with Gasteiger partial charge in [0.2, 0.25) is 0 Å². The molecule has 0 bridgehead atoms. The molecule has 1 heterocycles. The molecule has 1 aromatic carbocycles. The van der Waals surface area contributed by atoms with Gasteiger partial charge in [-0.25, -0.2) is 5.43 Å². The summed E-state index contributed by atoms with van der Waals surface area (Å²) >= 11 is 3.27. The number of carbonyl (C=O) groups is 1. The molecular formula is C11H10BrN7O3. The monoisotopic (exact) mass is 367 g/mol. The quantitative estimate of drug-likeness (QED) is 0.479. The van der Waals surface area contributed by atoms with Gasteiger partial charge in [0.05, 0.1) is 15.9 Å². The van der Waals surface area contributed by atoms with Crippen molar-refractivity contribution in [3.8, 4) is 0 Å². The lowest BCUT2D eigenvalue weighted by molar-refractivity contribution is -0.394. The first kappa shape index (κ1) is 15.7. The Hall–Kier alpha value is -2.69. The van der Waals surface area contributed by atoms with E-state index < -0.39 is 10.9 Å². The number of halogens is 1. The Balaban J connectivity index is 1.97. The molecule has 2 rings (SSSR count). The van der Waals surface area contributed by atoms with E-state index in [0.29, 0.717) is 11.3 Å². The predicted octanol–water partition coefficient (Wildman–Crippen LogP) is 1.15. The first-order valence-electron chi connectivity index (χ1n) is 5.97.